The van der Waals surface area contributed by atoms with Crippen LogP contribution in [0.25, 0.3) is 0 Å². The maximum absolute atomic E-state index is 13.2. The molecule has 26 heavy (non-hydrogen) atoms. The molecule has 0 unspecified atom stereocenters. The van der Waals surface area contributed by atoms with Crippen LogP contribution in [0.15, 0.2) is 48.5 Å². The maximum Gasteiger partial charge on any atom is 0.231 e. The largest absolute Gasteiger partial charge is 0.338 e. The Balaban J connectivity index is 1.60. The molecule has 1 amide bonds. The predicted molar refractivity (Wildman–Crippen MR) is 100 cm³/mol. The van der Waals surface area contributed by atoms with Crippen molar-refractivity contribution in [3.8, 4) is 0 Å². The summed E-state index contributed by atoms with van der Waals surface area (Å²) >= 11 is 1.63. The van der Waals surface area contributed by atoms with E-state index in [9.17, 15) is 9.18 Å². The second kappa shape index (κ2) is 6.93. The third-order valence-corrected chi connectivity index (χ3v) is 6.46. The molecular weight excluding hydrogens is 349 g/mol. The number of hydrogen-bond acceptors (Lipinski definition) is 4. The van der Waals surface area contributed by atoms with Gasteiger partial charge in [-0.1, -0.05) is 18.2 Å². The zero-order valence-electron chi connectivity index (χ0n) is 14.6. The van der Waals surface area contributed by atoms with E-state index >= 15 is 0 Å². The Kier molecular flexibility index (Phi) is 4.63. The first-order valence-corrected chi connectivity index (χ1v) is 9.77. The minimum atomic E-state index is -0.402. The number of nitrogens with zero attached hydrogens (tertiary/aromatic N) is 3. The van der Waals surface area contributed by atoms with Crippen molar-refractivity contribution in [3.63, 3.8) is 0 Å². The Morgan fingerprint density at radius 2 is 2.19 bits per heavy atom. The molecule has 2 atom stereocenters. The van der Waals surface area contributed by atoms with E-state index in [-0.39, 0.29) is 17.6 Å². The summed E-state index contributed by atoms with van der Waals surface area (Å²) in [6, 6.07) is 6.62. The van der Waals surface area contributed by atoms with E-state index in [1.165, 1.54) is 12.1 Å². The highest BCUT2D eigenvalue weighted by Gasteiger charge is 2.57. The number of carbonyl (C=O) groups excluding carboxylic acids is 1. The van der Waals surface area contributed by atoms with E-state index in [0.717, 1.165) is 43.2 Å². The molecule has 0 N–H and O–H groups in total. The van der Waals surface area contributed by atoms with Crippen LogP contribution in [0.1, 0.15) is 22.9 Å². The van der Waals surface area contributed by atoms with Crippen LogP contribution in [-0.2, 0) is 11.3 Å². The summed E-state index contributed by atoms with van der Waals surface area (Å²) in [6.07, 6.45) is 4.46. The van der Waals surface area contributed by atoms with Crippen LogP contribution >= 0.6 is 11.3 Å². The summed E-state index contributed by atoms with van der Waals surface area (Å²) in [5.74, 6) is 0.114. The SMILES string of the molecule is C=CCN1CC[C@@]2(CN(Cc3ccc(F)cc3)C[C@@H]2c2nccs2)C1=O. The zero-order valence-corrected chi connectivity index (χ0v) is 15.4. The summed E-state index contributed by atoms with van der Waals surface area (Å²) in [5, 5.41) is 3.02. The molecule has 2 saturated heterocycles. The van der Waals surface area contributed by atoms with Gasteiger partial charge >= 0.3 is 0 Å². The first-order valence-electron chi connectivity index (χ1n) is 8.89. The molecule has 4 nitrogen and oxygen atoms in total. The Labute approximate surface area is 157 Å². The summed E-state index contributed by atoms with van der Waals surface area (Å²) in [5.41, 5.74) is 0.663. The molecule has 0 bridgehead atoms. The average Bonchev–Trinajstić information content (AvgIpc) is 3.34. The number of amides is 1. The Bertz CT molecular complexity index is 792. The molecule has 2 fully saturated rings. The highest BCUT2D eigenvalue weighted by Crippen LogP contribution is 2.50. The summed E-state index contributed by atoms with van der Waals surface area (Å²) in [4.78, 5) is 22.0. The van der Waals surface area contributed by atoms with Gasteiger partial charge in [0.25, 0.3) is 0 Å². The lowest BCUT2D eigenvalue weighted by Crippen LogP contribution is -2.39. The van der Waals surface area contributed by atoms with Crippen molar-refractivity contribution in [1.82, 2.24) is 14.8 Å². The minimum absolute atomic E-state index is 0.116. The fourth-order valence-electron chi connectivity index (χ4n) is 4.35. The van der Waals surface area contributed by atoms with E-state index in [0.29, 0.717) is 6.54 Å². The van der Waals surface area contributed by atoms with Crippen LogP contribution in [0, 0.1) is 11.2 Å². The van der Waals surface area contributed by atoms with E-state index < -0.39 is 5.41 Å². The third kappa shape index (κ3) is 2.97. The molecule has 3 heterocycles. The Morgan fingerprint density at radius 3 is 2.88 bits per heavy atom. The van der Waals surface area contributed by atoms with Gasteiger partial charge in [-0.05, 0) is 24.1 Å². The molecule has 136 valence electrons. The van der Waals surface area contributed by atoms with Gasteiger partial charge in [-0.25, -0.2) is 9.37 Å². The number of hydrogen-bond donors (Lipinski definition) is 0. The lowest BCUT2D eigenvalue weighted by molar-refractivity contribution is -0.135. The van der Waals surface area contributed by atoms with Crippen LogP contribution in [0.4, 0.5) is 4.39 Å². The van der Waals surface area contributed by atoms with Gasteiger partial charge in [0.15, 0.2) is 0 Å². The number of halogens is 1. The van der Waals surface area contributed by atoms with Crippen LogP contribution in [0.5, 0.6) is 0 Å². The van der Waals surface area contributed by atoms with Crippen LogP contribution in [-0.4, -0.2) is 46.9 Å². The fraction of sp³-hybridized carbons (Fsp3) is 0.400. The zero-order chi connectivity index (χ0) is 18.1. The van der Waals surface area contributed by atoms with Gasteiger partial charge in [-0.3, -0.25) is 9.69 Å². The average molecular weight is 371 g/mol. The minimum Gasteiger partial charge on any atom is -0.338 e. The van der Waals surface area contributed by atoms with Crippen molar-refractivity contribution >= 4 is 17.2 Å². The monoisotopic (exact) mass is 371 g/mol. The van der Waals surface area contributed by atoms with Gasteiger partial charge in [-0.2, -0.15) is 0 Å². The molecule has 0 saturated carbocycles. The normalized spacial score (nSPS) is 26.1. The predicted octanol–water partition coefficient (Wildman–Crippen LogP) is 3.29. The van der Waals surface area contributed by atoms with Gasteiger partial charge in [-0.15, -0.1) is 17.9 Å². The second-order valence-electron chi connectivity index (χ2n) is 7.16. The van der Waals surface area contributed by atoms with Crippen molar-refractivity contribution in [2.45, 2.75) is 18.9 Å². The van der Waals surface area contributed by atoms with Crippen LogP contribution < -0.4 is 0 Å². The number of aromatic nitrogens is 1. The van der Waals surface area contributed by atoms with E-state index in [2.05, 4.69) is 16.5 Å². The molecule has 2 aliphatic rings. The highest BCUT2D eigenvalue weighted by atomic mass is 32.1. The molecule has 0 aliphatic carbocycles. The van der Waals surface area contributed by atoms with Crippen molar-refractivity contribution in [3.05, 3.63) is 64.9 Å². The van der Waals surface area contributed by atoms with Crippen LogP contribution in [0.2, 0.25) is 0 Å². The van der Waals surface area contributed by atoms with Gasteiger partial charge < -0.3 is 4.90 Å². The first-order chi connectivity index (χ1) is 12.6. The van der Waals surface area contributed by atoms with Crippen molar-refractivity contribution < 1.29 is 9.18 Å². The number of thiazole rings is 1. The Hall–Kier alpha value is -2.05. The highest BCUT2D eigenvalue weighted by molar-refractivity contribution is 7.09. The van der Waals surface area contributed by atoms with Gasteiger partial charge in [0, 0.05) is 50.2 Å². The number of carbonyl (C=O) groups is 1. The number of likely N-dealkylation sites (tertiary alicyclic amines) is 2. The summed E-state index contributed by atoms with van der Waals surface area (Å²) < 4.78 is 13.2. The third-order valence-electron chi connectivity index (χ3n) is 5.57. The van der Waals surface area contributed by atoms with Crippen LogP contribution in [0.3, 0.4) is 0 Å². The number of rotatable bonds is 5. The van der Waals surface area contributed by atoms with Crippen molar-refractivity contribution in [2.24, 2.45) is 5.41 Å². The molecule has 6 heteroatoms. The lowest BCUT2D eigenvalue weighted by Gasteiger charge is -2.27. The van der Waals surface area contributed by atoms with Crippen molar-refractivity contribution in [2.75, 3.05) is 26.2 Å². The molecule has 4 rings (SSSR count). The fourth-order valence-corrected chi connectivity index (χ4v) is 5.20. The van der Waals surface area contributed by atoms with Gasteiger partial charge in [0.2, 0.25) is 5.91 Å². The van der Waals surface area contributed by atoms with E-state index in [1.54, 1.807) is 17.4 Å². The van der Waals surface area contributed by atoms with Crippen molar-refractivity contribution in [1.29, 1.82) is 0 Å². The molecule has 1 aromatic heterocycles. The topological polar surface area (TPSA) is 36.4 Å². The molecule has 1 spiro atoms. The molecule has 1 aromatic carbocycles. The molecule has 0 radical (unpaired) electrons. The quantitative estimate of drug-likeness (QED) is 0.757. The summed E-state index contributed by atoms with van der Waals surface area (Å²) in [6.45, 7) is 7.40. The lowest BCUT2D eigenvalue weighted by atomic mass is 9.77. The maximum atomic E-state index is 13.2. The molecular formula is C20H22FN3OS. The van der Waals surface area contributed by atoms with E-state index in [1.807, 2.05) is 28.6 Å². The second-order valence-corrected chi connectivity index (χ2v) is 8.09. The van der Waals surface area contributed by atoms with E-state index in [4.69, 9.17) is 0 Å². The smallest absolute Gasteiger partial charge is 0.231 e. The van der Waals surface area contributed by atoms with Gasteiger partial charge in [0.1, 0.15) is 5.82 Å². The standard InChI is InChI=1S/C20H22FN3OS/c1-2-9-24-10-7-20(19(24)25)14-23(12-15-3-5-16(21)6-4-15)13-17(20)18-22-8-11-26-18/h2-6,8,11,17H,1,7,9-10,12-14H2/t17-,20+/m1/s1. The Morgan fingerprint density at radius 1 is 1.38 bits per heavy atom. The van der Waals surface area contributed by atoms with Gasteiger partial charge in [0.05, 0.1) is 10.4 Å². The molecule has 2 aliphatic heterocycles. The number of benzene rings is 1. The first kappa shape index (κ1) is 17.4. The summed E-state index contributed by atoms with van der Waals surface area (Å²) in [7, 11) is 0. The molecule has 2 aromatic rings.